The fourth-order valence-corrected chi connectivity index (χ4v) is 4.16. The highest BCUT2D eigenvalue weighted by molar-refractivity contribution is 7.90. The zero-order valence-corrected chi connectivity index (χ0v) is 18.4. The molecule has 0 aliphatic carbocycles. The lowest BCUT2D eigenvalue weighted by Gasteiger charge is -2.17. The number of sulfonamides is 1. The van der Waals surface area contributed by atoms with Gasteiger partial charge >= 0.3 is 6.18 Å². The van der Waals surface area contributed by atoms with Gasteiger partial charge < -0.3 is 5.43 Å². The average Bonchev–Trinajstić information content (AvgIpc) is 2.77. The van der Waals surface area contributed by atoms with Crippen LogP contribution in [0.15, 0.2) is 58.3 Å². The maximum Gasteiger partial charge on any atom is 0.451 e. The van der Waals surface area contributed by atoms with Crippen molar-refractivity contribution in [3.05, 3.63) is 54.4 Å². The van der Waals surface area contributed by atoms with Gasteiger partial charge in [0.15, 0.2) is 15.7 Å². The molecule has 0 spiro atoms. The van der Waals surface area contributed by atoms with Gasteiger partial charge in [0.2, 0.25) is 5.82 Å². The van der Waals surface area contributed by atoms with Gasteiger partial charge in [-0.05, 0) is 29.8 Å². The van der Waals surface area contributed by atoms with Crippen LogP contribution < -0.4 is 21.9 Å². The van der Waals surface area contributed by atoms with Crippen LogP contribution in [0.25, 0.3) is 22.4 Å². The Morgan fingerprint density at radius 3 is 1.79 bits per heavy atom. The number of halogens is 3. The number of rotatable bonds is 6. The number of anilines is 1. The molecule has 1 aromatic heterocycles. The second-order valence-electron chi connectivity index (χ2n) is 6.70. The molecule has 10 nitrogen and oxygen atoms in total. The van der Waals surface area contributed by atoms with Gasteiger partial charge in [0.1, 0.15) is 0 Å². The lowest BCUT2D eigenvalue weighted by molar-refractivity contribution is -0.144. The zero-order chi connectivity index (χ0) is 24.6. The molecule has 33 heavy (non-hydrogen) atoms. The Bertz CT molecular complexity index is 1390. The molecule has 0 amide bonds. The summed E-state index contributed by atoms with van der Waals surface area (Å²) < 4.78 is 87.4. The Balaban J connectivity index is 2.29. The number of hydrazine groups is 2. The van der Waals surface area contributed by atoms with E-state index in [2.05, 4.69) is 15.4 Å². The Morgan fingerprint density at radius 2 is 1.33 bits per heavy atom. The molecule has 0 aliphatic heterocycles. The van der Waals surface area contributed by atoms with E-state index in [-0.39, 0.29) is 38.0 Å². The number of alkyl halides is 3. The fourth-order valence-electron chi connectivity index (χ4n) is 2.90. The van der Waals surface area contributed by atoms with E-state index >= 15 is 0 Å². The summed E-state index contributed by atoms with van der Waals surface area (Å²) in [4.78, 5) is 8.52. The van der Waals surface area contributed by atoms with Crippen LogP contribution >= 0.6 is 0 Å². The second kappa shape index (κ2) is 8.68. The van der Waals surface area contributed by atoms with Gasteiger partial charge in [-0.3, -0.25) is 5.84 Å². The molecule has 3 aromatic rings. The molecule has 0 unspecified atom stereocenters. The van der Waals surface area contributed by atoms with Gasteiger partial charge in [0.05, 0.1) is 21.0 Å². The van der Waals surface area contributed by atoms with Gasteiger partial charge in [0.25, 0.3) is 10.0 Å². The van der Waals surface area contributed by atoms with E-state index in [1.165, 1.54) is 48.5 Å². The number of nitrogens with two attached hydrogens (primary N) is 2. The molecular weight excluding hydrogens is 485 g/mol. The van der Waals surface area contributed by atoms with E-state index in [9.17, 15) is 30.0 Å². The van der Waals surface area contributed by atoms with Gasteiger partial charge in [-0.1, -0.05) is 24.3 Å². The van der Waals surface area contributed by atoms with Crippen LogP contribution in [-0.2, 0) is 26.0 Å². The van der Waals surface area contributed by atoms with Crippen molar-refractivity contribution in [2.24, 2.45) is 11.7 Å². The third-order valence-corrected chi connectivity index (χ3v) is 6.80. The topological polar surface area (TPSA) is 170 Å². The summed E-state index contributed by atoms with van der Waals surface area (Å²) in [6.45, 7) is 0. The number of benzene rings is 2. The first-order valence-electron chi connectivity index (χ1n) is 8.87. The SMILES string of the molecule is CS(=O)(=O)c1ccc(-c2nc(C(F)(F)F)nc(NN)c2-c2ccc(S(=O)(=O)NN)cc2)cc1. The minimum Gasteiger partial charge on any atom is -0.308 e. The van der Waals surface area contributed by atoms with Gasteiger partial charge in [-0.25, -0.2) is 32.6 Å². The molecule has 0 saturated carbocycles. The number of nitrogens with zero attached hydrogens (tertiary/aromatic N) is 2. The largest absolute Gasteiger partial charge is 0.451 e. The molecular formula is C18H17F3N6O4S2. The third-order valence-electron chi connectivity index (χ3n) is 4.46. The summed E-state index contributed by atoms with van der Waals surface area (Å²) in [6, 6.07) is 10.0. The predicted octanol–water partition coefficient (Wildman–Crippen LogP) is 1.67. The summed E-state index contributed by atoms with van der Waals surface area (Å²) in [5.74, 6) is 8.58. The van der Waals surface area contributed by atoms with Crippen molar-refractivity contribution in [3.63, 3.8) is 0 Å². The van der Waals surface area contributed by atoms with Crippen LogP contribution in [0.4, 0.5) is 19.0 Å². The summed E-state index contributed by atoms with van der Waals surface area (Å²) in [6.07, 6.45) is -3.92. The van der Waals surface area contributed by atoms with Crippen LogP contribution in [-0.4, -0.2) is 33.1 Å². The van der Waals surface area contributed by atoms with Gasteiger partial charge in [-0.15, -0.1) is 0 Å². The molecule has 0 atom stereocenters. The maximum atomic E-state index is 13.4. The monoisotopic (exact) mass is 502 g/mol. The molecule has 0 fully saturated rings. The number of nitrogen functional groups attached to an aromatic ring is 1. The van der Waals surface area contributed by atoms with E-state index < -0.39 is 31.9 Å². The van der Waals surface area contributed by atoms with Crippen molar-refractivity contribution in [2.75, 3.05) is 11.7 Å². The Labute approximate surface area is 186 Å². The average molecular weight is 503 g/mol. The van der Waals surface area contributed by atoms with Crippen molar-refractivity contribution in [2.45, 2.75) is 16.0 Å². The lowest BCUT2D eigenvalue weighted by atomic mass is 9.99. The van der Waals surface area contributed by atoms with E-state index in [0.717, 1.165) is 6.26 Å². The molecule has 6 N–H and O–H groups in total. The molecule has 3 rings (SSSR count). The minimum atomic E-state index is -4.91. The minimum absolute atomic E-state index is 0.0299. The number of nitrogens with one attached hydrogen (secondary N) is 2. The molecule has 176 valence electrons. The zero-order valence-electron chi connectivity index (χ0n) is 16.8. The van der Waals surface area contributed by atoms with E-state index in [4.69, 9.17) is 11.7 Å². The van der Waals surface area contributed by atoms with Gasteiger partial charge in [-0.2, -0.15) is 18.0 Å². The number of aromatic nitrogens is 2. The van der Waals surface area contributed by atoms with Gasteiger partial charge in [0, 0.05) is 11.8 Å². The van der Waals surface area contributed by atoms with E-state index in [1.807, 2.05) is 0 Å². The molecule has 2 aromatic carbocycles. The third kappa shape index (κ3) is 5.12. The molecule has 1 heterocycles. The standard InChI is InChI=1S/C18H17F3N6O4S2/c1-32(28,29)12-6-4-11(5-7-12)15-14(16(26-22)25-17(24-15)18(19,20)21)10-2-8-13(9-3-10)33(30,31)27-23/h2-9,27H,22-23H2,1H3,(H,24,25,26). The first kappa shape index (κ1) is 24.5. The first-order valence-corrected chi connectivity index (χ1v) is 12.2. The van der Waals surface area contributed by atoms with E-state index in [0.29, 0.717) is 0 Å². The fraction of sp³-hybridized carbons (Fsp3) is 0.111. The summed E-state index contributed by atoms with van der Waals surface area (Å²) in [5, 5.41) is 0. The molecule has 0 saturated heterocycles. The normalized spacial score (nSPS) is 12.5. The number of sulfone groups is 1. The number of hydrogen-bond acceptors (Lipinski definition) is 9. The smallest absolute Gasteiger partial charge is 0.308 e. The highest BCUT2D eigenvalue weighted by Gasteiger charge is 2.36. The molecule has 15 heteroatoms. The number of hydrogen-bond donors (Lipinski definition) is 4. The van der Waals surface area contributed by atoms with Crippen LogP contribution in [0.5, 0.6) is 0 Å². The quantitative estimate of drug-likeness (QED) is 0.289. The van der Waals surface area contributed by atoms with Crippen LogP contribution in [0.3, 0.4) is 0 Å². The molecule has 0 bridgehead atoms. The van der Waals surface area contributed by atoms with Crippen molar-refractivity contribution < 1.29 is 30.0 Å². The van der Waals surface area contributed by atoms with Crippen LogP contribution in [0.2, 0.25) is 0 Å². The maximum absolute atomic E-state index is 13.4. The van der Waals surface area contributed by atoms with Crippen LogP contribution in [0, 0.1) is 0 Å². The lowest BCUT2D eigenvalue weighted by Crippen LogP contribution is -2.30. The second-order valence-corrected chi connectivity index (χ2v) is 10.4. The van der Waals surface area contributed by atoms with Crippen LogP contribution in [0.1, 0.15) is 5.82 Å². The Hall–Kier alpha value is -3.11. The summed E-state index contributed by atoms with van der Waals surface area (Å²) >= 11 is 0. The Morgan fingerprint density at radius 1 is 0.818 bits per heavy atom. The highest BCUT2D eigenvalue weighted by atomic mass is 32.2. The first-order chi connectivity index (χ1) is 15.3. The van der Waals surface area contributed by atoms with Crippen molar-refractivity contribution in [1.82, 2.24) is 14.8 Å². The van der Waals surface area contributed by atoms with Crippen molar-refractivity contribution >= 4 is 25.7 Å². The van der Waals surface area contributed by atoms with E-state index in [1.54, 1.807) is 4.83 Å². The summed E-state index contributed by atoms with van der Waals surface area (Å²) in [5.41, 5.74) is 2.30. The molecule has 0 aliphatic rings. The predicted molar refractivity (Wildman–Crippen MR) is 113 cm³/mol. The van der Waals surface area contributed by atoms with Crippen molar-refractivity contribution in [3.8, 4) is 22.4 Å². The molecule has 0 radical (unpaired) electrons. The Kier molecular flexibility index (Phi) is 6.45. The highest BCUT2D eigenvalue weighted by Crippen LogP contribution is 2.39. The summed E-state index contributed by atoms with van der Waals surface area (Å²) in [7, 11) is -7.52. The van der Waals surface area contributed by atoms with Crippen molar-refractivity contribution in [1.29, 1.82) is 0 Å².